The Morgan fingerprint density at radius 2 is 0.591 bits per heavy atom. The molecule has 0 fully saturated rings. The van der Waals surface area contributed by atoms with E-state index in [1.54, 1.807) is 0 Å². The number of esters is 3. The van der Waals surface area contributed by atoms with Gasteiger partial charge in [0.15, 0.2) is 6.10 Å². The standard InChI is InChI=1S/C60H104O6/c1-4-7-10-13-16-19-22-25-27-29-30-32-33-35-38-41-44-47-50-53-59(62)65-56-57(55-64-58(61)52-49-46-43-40-37-24-21-18-15-12-9-6-3)66-60(63)54-51-48-45-42-39-36-34-31-28-26-23-20-17-14-11-8-5-2/h7,9-10,12,16,18-19,21,25,27,30,32,57H,4-6,8,11,13-15,17,20,22-24,26,28-29,31,33-56H2,1-3H3/b10-7-,12-9-,19-16-,21-18-,27-25-,32-30-. The molecule has 1 unspecified atom stereocenters. The van der Waals surface area contributed by atoms with E-state index in [9.17, 15) is 14.4 Å². The SMILES string of the molecule is CC/C=C\C/C=C\C/C=C\C/C=C\CCCCCCCCC(=O)OCC(COC(=O)CCCCCCC/C=C\C/C=C\CC)OC(=O)CCCCCCCCCCCCCCCCCCC. The van der Waals surface area contributed by atoms with Crippen LogP contribution in [-0.4, -0.2) is 37.2 Å². The van der Waals surface area contributed by atoms with E-state index in [-0.39, 0.29) is 31.1 Å². The third-order valence-electron chi connectivity index (χ3n) is 12.0. The highest BCUT2D eigenvalue weighted by molar-refractivity contribution is 5.71. The molecule has 1 atom stereocenters. The van der Waals surface area contributed by atoms with Crippen LogP contribution >= 0.6 is 0 Å². The molecule has 0 aromatic carbocycles. The van der Waals surface area contributed by atoms with E-state index in [0.717, 1.165) is 122 Å². The minimum atomic E-state index is -0.785. The van der Waals surface area contributed by atoms with Crippen LogP contribution in [0.4, 0.5) is 0 Å². The van der Waals surface area contributed by atoms with E-state index in [2.05, 4.69) is 93.7 Å². The molecular formula is C60H104O6. The van der Waals surface area contributed by atoms with Crippen LogP contribution in [-0.2, 0) is 28.6 Å². The Balaban J connectivity index is 4.37. The average Bonchev–Trinajstić information content (AvgIpc) is 3.31. The average molecular weight is 921 g/mol. The summed E-state index contributed by atoms with van der Waals surface area (Å²) in [5.41, 5.74) is 0. The van der Waals surface area contributed by atoms with Crippen molar-refractivity contribution in [1.82, 2.24) is 0 Å². The topological polar surface area (TPSA) is 78.9 Å². The van der Waals surface area contributed by atoms with Crippen molar-refractivity contribution in [2.75, 3.05) is 13.2 Å². The summed E-state index contributed by atoms with van der Waals surface area (Å²) in [5, 5.41) is 0. The lowest BCUT2D eigenvalue weighted by Crippen LogP contribution is -2.30. The molecule has 0 saturated carbocycles. The smallest absolute Gasteiger partial charge is 0.306 e. The molecule has 0 aromatic rings. The lowest BCUT2D eigenvalue weighted by Gasteiger charge is -2.18. The zero-order valence-electron chi connectivity index (χ0n) is 43.4. The van der Waals surface area contributed by atoms with Crippen molar-refractivity contribution >= 4 is 17.9 Å². The Morgan fingerprint density at radius 3 is 0.924 bits per heavy atom. The van der Waals surface area contributed by atoms with E-state index in [1.807, 2.05) is 0 Å². The first-order chi connectivity index (χ1) is 32.5. The summed E-state index contributed by atoms with van der Waals surface area (Å²) in [7, 11) is 0. The molecule has 0 amide bonds. The summed E-state index contributed by atoms with van der Waals surface area (Å²) in [6.45, 7) is 6.41. The fraction of sp³-hybridized carbons (Fsp3) is 0.750. The maximum absolute atomic E-state index is 12.8. The van der Waals surface area contributed by atoms with Gasteiger partial charge in [0, 0.05) is 19.3 Å². The maximum atomic E-state index is 12.8. The van der Waals surface area contributed by atoms with Crippen molar-refractivity contribution in [3.05, 3.63) is 72.9 Å². The minimum Gasteiger partial charge on any atom is -0.462 e. The van der Waals surface area contributed by atoms with E-state index in [4.69, 9.17) is 14.2 Å². The van der Waals surface area contributed by atoms with Gasteiger partial charge in [-0.1, -0.05) is 241 Å². The van der Waals surface area contributed by atoms with Gasteiger partial charge in [-0.15, -0.1) is 0 Å². The van der Waals surface area contributed by atoms with Crippen LogP contribution in [0.3, 0.4) is 0 Å². The zero-order valence-corrected chi connectivity index (χ0v) is 43.4. The Labute approximate surface area is 408 Å². The fourth-order valence-electron chi connectivity index (χ4n) is 7.82. The Morgan fingerprint density at radius 1 is 0.318 bits per heavy atom. The number of ether oxygens (including phenoxy) is 3. The van der Waals surface area contributed by atoms with Gasteiger partial charge in [0.25, 0.3) is 0 Å². The van der Waals surface area contributed by atoms with Crippen molar-refractivity contribution in [3.8, 4) is 0 Å². The molecule has 0 aliphatic carbocycles. The van der Waals surface area contributed by atoms with Crippen LogP contribution in [0.2, 0.25) is 0 Å². The largest absolute Gasteiger partial charge is 0.462 e. The minimum absolute atomic E-state index is 0.0857. The van der Waals surface area contributed by atoms with Crippen LogP contribution in [0.15, 0.2) is 72.9 Å². The van der Waals surface area contributed by atoms with E-state index >= 15 is 0 Å². The highest BCUT2D eigenvalue weighted by atomic mass is 16.6. The highest BCUT2D eigenvalue weighted by Crippen LogP contribution is 2.16. The third kappa shape index (κ3) is 51.8. The van der Waals surface area contributed by atoms with E-state index in [0.29, 0.717) is 19.3 Å². The summed E-state index contributed by atoms with van der Waals surface area (Å²) < 4.78 is 16.8. The molecule has 6 heteroatoms. The summed E-state index contributed by atoms with van der Waals surface area (Å²) >= 11 is 0. The lowest BCUT2D eigenvalue weighted by molar-refractivity contribution is -0.167. The normalized spacial score (nSPS) is 12.6. The first-order valence-corrected chi connectivity index (χ1v) is 27.9. The van der Waals surface area contributed by atoms with Gasteiger partial charge in [-0.25, -0.2) is 0 Å². The second-order valence-electron chi connectivity index (χ2n) is 18.4. The molecule has 0 aliphatic rings. The van der Waals surface area contributed by atoms with Crippen LogP contribution in [0.5, 0.6) is 0 Å². The molecular weight excluding hydrogens is 817 g/mol. The molecule has 0 saturated heterocycles. The zero-order chi connectivity index (χ0) is 47.9. The quantitative estimate of drug-likeness (QED) is 0.0262. The summed E-state index contributed by atoms with van der Waals surface area (Å²) in [4.78, 5) is 38.1. The second kappa shape index (κ2) is 54.5. The van der Waals surface area contributed by atoms with Crippen molar-refractivity contribution in [2.24, 2.45) is 0 Å². The van der Waals surface area contributed by atoms with E-state index < -0.39 is 6.10 Å². The summed E-state index contributed by atoms with van der Waals surface area (Å²) in [5.74, 6) is -0.905. The first kappa shape index (κ1) is 62.8. The Kier molecular flexibility index (Phi) is 51.9. The molecule has 66 heavy (non-hydrogen) atoms. The van der Waals surface area contributed by atoms with Gasteiger partial charge >= 0.3 is 17.9 Å². The molecule has 0 aromatic heterocycles. The summed E-state index contributed by atoms with van der Waals surface area (Å²) in [6.07, 6.45) is 68.9. The van der Waals surface area contributed by atoms with Gasteiger partial charge in [0.05, 0.1) is 0 Å². The van der Waals surface area contributed by atoms with Gasteiger partial charge < -0.3 is 14.2 Å². The fourth-order valence-corrected chi connectivity index (χ4v) is 7.82. The number of carbonyl (C=O) groups is 3. The van der Waals surface area contributed by atoms with Gasteiger partial charge in [-0.2, -0.15) is 0 Å². The van der Waals surface area contributed by atoms with Crippen LogP contribution in [0, 0.1) is 0 Å². The van der Waals surface area contributed by atoms with Crippen molar-refractivity contribution in [1.29, 1.82) is 0 Å². The number of allylic oxidation sites excluding steroid dienone is 12. The van der Waals surface area contributed by atoms with Crippen LogP contribution < -0.4 is 0 Å². The van der Waals surface area contributed by atoms with Crippen molar-refractivity contribution in [2.45, 2.75) is 277 Å². The molecule has 0 rings (SSSR count). The predicted octanol–water partition coefficient (Wildman–Crippen LogP) is 18.6. The third-order valence-corrected chi connectivity index (χ3v) is 12.0. The molecule has 380 valence electrons. The molecule has 6 nitrogen and oxygen atoms in total. The lowest BCUT2D eigenvalue weighted by atomic mass is 10.0. The van der Waals surface area contributed by atoms with E-state index in [1.165, 1.54) is 109 Å². The highest BCUT2D eigenvalue weighted by Gasteiger charge is 2.19. The number of hydrogen-bond acceptors (Lipinski definition) is 6. The number of unbranched alkanes of at least 4 members (excludes halogenated alkanes) is 27. The molecule has 0 radical (unpaired) electrons. The van der Waals surface area contributed by atoms with Crippen LogP contribution in [0.1, 0.15) is 271 Å². The summed E-state index contributed by atoms with van der Waals surface area (Å²) in [6, 6.07) is 0. The molecule has 0 N–H and O–H groups in total. The van der Waals surface area contributed by atoms with Gasteiger partial charge in [-0.3, -0.25) is 14.4 Å². The Bertz CT molecular complexity index is 1240. The van der Waals surface area contributed by atoms with Gasteiger partial charge in [0.1, 0.15) is 13.2 Å². The van der Waals surface area contributed by atoms with Crippen LogP contribution in [0.25, 0.3) is 0 Å². The van der Waals surface area contributed by atoms with Crippen molar-refractivity contribution in [3.63, 3.8) is 0 Å². The van der Waals surface area contributed by atoms with Gasteiger partial charge in [0.2, 0.25) is 0 Å². The molecule has 0 bridgehead atoms. The van der Waals surface area contributed by atoms with Crippen molar-refractivity contribution < 1.29 is 28.6 Å². The second-order valence-corrected chi connectivity index (χ2v) is 18.4. The first-order valence-electron chi connectivity index (χ1n) is 27.9. The number of rotatable bonds is 50. The van der Waals surface area contributed by atoms with Gasteiger partial charge in [-0.05, 0) is 83.5 Å². The number of hydrogen-bond donors (Lipinski definition) is 0. The molecule has 0 aliphatic heterocycles. The maximum Gasteiger partial charge on any atom is 0.306 e. The Hall–Kier alpha value is -3.15. The molecule has 0 spiro atoms. The molecule has 0 heterocycles. The number of carbonyl (C=O) groups excluding carboxylic acids is 3. The predicted molar refractivity (Wildman–Crippen MR) is 284 cm³/mol. The monoisotopic (exact) mass is 921 g/mol.